The van der Waals surface area contributed by atoms with E-state index in [4.69, 9.17) is 11.6 Å². The summed E-state index contributed by atoms with van der Waals surface area (Å²) in [7, 11) is 0. The molecule has 0 unspecified atom stereocenters. The molecule has 1 N–H and O–H groups in total. The van der Waals surface area contributed by atoms with Gasteiger partial charge in [0.1, 0.15) is 0 Å². The van der Waals surface area contributed by atoms with E-state index in [1.807, 2.05) is 24.3 Å². The number of nitrogens with one attached hydrogen (secondary N) is 1. The predicted molar refractivity (Wildman–Crippen MR) is 52.1 cm³/mol. The molecule has 3 heteroatoms. The molecule has 1 aliphatic heterocycles. The molecule has 1 aromatic rings. The van der Waals surface area contributed by atoms with Crippen LogP contribution in [0.15, 0.2) is 30.5 Å². The number of allylic oxidation sites excluding steroid dienone is 1. The van der Waals surface area contributed by atoms with Gasteiger partial charge in [-0.2, -0.15) is 0 Å². The Bertz CT molecular complexity index is 384. The van der Waals surface area contributed by atoms with Crippen molar-refractivity contribution in [2.45, 2.75) is 6.54 Å². The summed E-state index contributed by atoms with van der Waals surface area (Å²) in [5.41, 5.74) is 2.58. The van der Waals surface area contributed by atoms with Gasteiger partial charge in [0, 0.05) is 12.7 Å². The van der Waals surface area contributed by atoms with Gasteiger partial charge in [0.15, 0.2) is 0 Å². The zero-order chi connectivity index (χ0) is 9.26. The molecule has 2 rings (SSSR count). The number of halogens is 1. The molecular formula is C10H8ClNO. The van der Waals surface area contributed by atoms with Crippen molar-refractivity contribution in [1.29, 1.82) is 0 Å². The molecule has 2 nitrogen and oxygen atoms in total. The number of benzene rings is 1. The molecule has 0 amide bonds. The van der Waals surface area contributed by atoms with Gasteiger partial charge in [-0.3, -0.25) is 4.79 Å². The predicted octanol–water partition coefficient (Wildman–Crippen LogP) is 1.90. The van der Waals surface area contributed by atoms with E-state index in [2.05, 4.69) is 5.32 Å². The van der Waals surface area contributed by atoms with Crippen molar-refractivity contribution in [1.82, 2.24) is 5.32 Å². The first-order valence-corrected chi connectivity index (χ1v) is 4.38. The van der Waals surface area contributed by atoms with Crippen LogP contribution in [0, 0.1) is 0 Å². The molecule has 1 aliphatic rings. The van der Waals surface area contributed by atoms with Crippen LogP contribution in [0.1, 0.15) is 11.1 Å². The van der Waals surface area contributed by atoms with E-state index in [9.17, 15) is 4.79 Å². The number of fused-ring (bicyclic) bond motifs is 1. The highest BCUT2D eigenvalue weighted by Crippen LogP contribution is 2.23. The van der Waals surface area contributed by atoms with E-state index >= 15 is 0 Å². The molecule has 0 fully saturated rings. The first kappa shape index (κ1) is 8.32. The molecule has 0 saturated heterocycles. The van der Waals surface area contributed by atoms with Gasteiger partial charge in [-0.15, -0.1) is 0 Å². The van der Waals surface area contributed by atoms with Gasteiger partial charge >= 0.3 is 0 Å². The molecule has 1 aromatic carbocycles. The average molecular weight is 194 g/mol. The summed E-state index contributed by atoms with van der Waals surface area (Å²) in [5.74, 6) is 0. The third kappa shape index (κ3) is 1.45. The van der Waals surface area contributed by atoms with Crippen molar-refractivity contribution in [3.8, 4) is 0 Å². The van der Waals surface area contributed by atoms with E-state index in [0.717, 1.165) is 17.7 Å². The highest BCUT2D eigenvalue weighted by Gasteiger charge is 2.15. The highest BCUT2D eigenvalue weighted by atomic mass is 35.5. The van der Waals surface area contributed by atoms with Crippen molar-refractivity contribution in [3.05, 3.63) is 41.6 Å². The maximum atomic E-state index is 11.0. The van der Waals surface area contributed by atoms with Crippen molar-refractivity contribution >= 4 is 22.4 Å². The number of hydrogen-bond acceptors (Lipinski definition) is 2. The van der Waals surface area contributed by atoms with E-state index in [1.54, 1.807) is 6.20 Å². The topological polar surface area (TPSA) is 29.1 Å². The maximum absolute atomic E-state index is 11.0. The lowest BCUT2D eigenvalue weighted by Gasteiger charge is -2.15. The average Bonchev–Trinajstić information content (AvgIpc) is 2.17. The molecule has 0 aliphatic carbocycles. The lowest BCUT2D eigenvalue weighted by atomic mass is 9.99. The Hall–Kier alpha value is -1.28. The highest BCUT2D eigenvalue weighted by molar-refractivity contribution is 6.74. The van der Waals surface area contributed by atoms with Crippen LogP contribution in [-0.4, -0.2) is 5.24 Å². The molecule has 0 radical (unpaired) electrons. The Labute approximate surface area is 81.2 Å². The monoisotopic (exact) mass is 193 g/mol. The number of rotatable bonds is 1. The minimum Gasteiger partial charge on any atom is -0.386 e. The van der Waals surface area contributed by atoms with E-state index < -0.39 is 5.24 Å². The van der Waals surface area contributed by atoms with Crippen LogP contribution in [-0.2, 0) is 11.3 Å². The minimum absolute atomic E-state index is 0.417. The summed E-state index contributed by atoms with van der Waals surface area (Å²) < 4.78 is 0. The lowest BCUT2D eigenvalue weighted by molar-refractivity contribution is -0.106. The Balaban J connectivity index is 2.53. The van der Waals surface area contributed by atoms with Crippen LogP contribution in [0.4, 0.5) is 0 Å². The number of hydrogen-bond donors (Lipinski definition) is 1. The van der Waals surface area contributed by atoms with Crippen molar-refractivity contribution in [3.63, 3.8) is 0 Å². The summed E-state index contributed by atoms with van der Waals surface area (Å²) in [6.45, 7) is 0.754. The van der Waals surface area contributed by atoms with Gasteiger partial charge in [0.2, 0.25) is 0 Å². The largest absolute Gasteiger partial charge is 0.386 e. The molecule has 66 valence electrons. The second kappa shape index (κ2) is 3.23. The fraction of sp³-hybridized carbons (Fsp3) is 0.100. The molecule has 0 aromatic heterocycles. The zero-order valence-electron chi connectivity index (χ0n) is 6.88. The Morgan fingerprint density at radius 2 is 2.15 bits per heavy atom. The van der Waals surface area contributed by atoms with Gasteiger partial charge in [-0.25, -0.2) is 0 Å². The third-order valence-electron chi connectivity index (χ3n) is 2.06. The van der Waals surface area contributed by atoms with Gasteiger partial charge in [0.25, 0.3) is 5.24 Å². The second-order valence-electron chi connectivity index (χ2n) is 2.87. The Morgan fingerprint density at radius 3 is 2.92 bits per heavy atom. The summed E-state index contributed by atoms with van der Waals surface area (Å²) >= 11 is 5.44. The molecule has 1 heterocycles. The van der Waals surface area contributed by atoms with E-state index in [0.29, 0.717) is 5.57 Å². The molecular weight excluding hydrogens is 186 g/mol. The summed E-state index contributed by atoms with van der Waals surface area (Å²) in [4.78, 5) is 11.0. The summed E-state index contributed by atoms with van der Waals surface area (Å²) in [6.07, 6.45) is 1.66. The summed E-state index contributed by atoms with van der Waals surface area (Å²) in [5, 5.41) is 2.59. The van der Waals surface area contributed by atoms with Crippen LogP contribution < -0.4 is 5.32 Å². The van der Waals surface area contributed by atoms with Gasteiger partial charge in [0.05, 0.1) is 5.57 Å². The van der Waals surface area contributed by atoms with Crippen molar-refractivity contribution in [2.75, 3.05) is 0 Å². The minimum atomic E-state index is -0.417. The van der Waals surface area contributed by atoms with Gasteiger partial charge < -0.3 is 5.32 Å². The number of carbonyl (C=O) groups is 1. The van der Waals surface area contributed by atoms with Crippen LogP contribution in [0.5, 0.6) is 0 Å². The van der Waals surface area contributed by atoms with E-state index in [-0.39, 0.29) is 0 Å². The molecule has 0 atom stereocenters. The third-order valence-corrected chi connectivity index (χ3v) is 2.26. The normalized spacial score (nSPS) is 14.1. The smallest absolute Gasteiger partial charge is 0.254 e. The van der Waals surface area contributed by atoms with Crippen molar-refractivity contribution < 1.29 is 4.79 Å². The Kier molecular flexibility index (Phi) is 2.07. The fourth-order valence-corrected chi connectivity index (χ4v) is 1.60. The Morgan fingerprint density at radius 1 is 1.38 bits per heavy atom. The van der Waals surface area contributed by atoms with Crippen LogP contribution in [0.2, 0.25) is 0 Å². The lowest BCUT2D eigenvalue weighted by Crippen LogP contribution is -2.15. The summed E-state index contributed by atoms with van der Waals surface area (Å²) in [6, 6.07) is 7.73. The first-order chi connectivity index (χ1) is 6.29. The number of carbonyl (C=O) groups excluding carboxylic acids is 1. The van der Waals surface area contributed by atoms with Crippen LogP contribution in [0.25, 0.3) is 5.57 Å². The molecule has 13 heavy (non-hydrogen) atoms. The first-order valence-electron chi connectivity index (χ1n) is 4.00. The quantitative estimate of drug-likeness (QED) is 0.691. The second-order valence-corrected chi connectivity index (χ2v) is 3.21. The van der Waals surface area contributed by atoms with Crippen LogP contribution >= 0.6 is 11.6 Å². The van der Waals surface area contributed by atoms with Crippen molar-refractivity contribution in [2.24, 2.45) is 0 Å². The zero-order valence-corrected chi connectivity index (χ0v) is 7.64. The standard InChI is InChI=1S/C10H8ClNO/c11-10(13)9-6-12-5-7-3-1-2-4-8(7)9/h1-4,6,12H,5H2. The van der Waals surface area contributed by atoms with Gasteiger partial charge in [-0.1, -0.05) is 24.3 Å². The van der Waals surface area contributed by atoms with E-state index in [1.165, 1.54) is 0 Å². The SMILES string of the molecule is O=C(Cl)C1=CNCc2ccccc21. The van der Waals surface area contributed by atoms with Gasteiger partial charge in [-0.05, 0) is 22.7 Å². The molecule has 0 saturated carbocycles. The molecule has 0 bridgehead atoms. The van der Waals surface area contributed by atoms with Crippen LogP contribution in [0.3, 0.4) is 0 Å². The maximum Gasteiger partial charge on any atom is 0.254 e. The molecule has 0 spiro atoms. The fourth-order valence-electron chi connectivity index (χ4n) is 1.44.